The van der Waals surface area contributed by atoms with Gasteiger partial charge in [-0.05, 0) is 43.2 Å². The molecule has 150 valence electrons. The number of benzene rings is 2. The maximum absolute atomic E-state index is 12.2. The summed E-state index contributed by atoms with van der Waals surface area (Å²) >= 11 is 1.50. The number of nitrogens with zero attached hydrogens (tertiary/aromatic N) is 2. The summed E-state index contributed by atoms with van der Waals surface area (Å²) in [6.07, 6.45) is 2.74. The first-order chi connectivity index (χ1) is 14.7. The van der Waals surface area contributed by atoms with Gasteiger partial charge in [-0.1, -0.05) is 42.0 Å². The Labute approximate surface area is 179 Å². The number of thiazole rings is 1. The fourth-order valence-corrected chi connectivity index (χ4v) is 3.63. The van der Waals surface area contributed by atoms with Crippen LogP contribution in [0, 0.1) is 6.92 Å². The van der Waals surface area contributed by atoms with Crippen molar-refractivity contribution >= 4 is 28.1 Å². The summed E-state index contributed by atoms with van der Waals surface area (Å²) < 4.78 is 5.51. The number of carbonyl (C=O) groups is 1. The van der Waals surface area contributed by atoms with Crippen molar-refractivity contribution in [2.45, 2.75) is 19.8 Å². The zero-order valence-corrected chi connectivity index (χ0v) is 17.4. The molecule has 2 aromatic heterocycles. The molecule has 6 heteroatoms. The number of aromatic nitrogens is 2. The Bertz CT molecular complexity index is 1120. The summed E-state index contributed by atoms with van der Waals surface area (Å²) in [6, 6.07) is 21.2. The molecule has 2 aromatic carbocycles. The van der Waals surface area contributed by atoms with E-state index in [2.05, 4.69) is 15.3 Å². The van der Waals surface area contributed by atoms with Crippen molar-refractivity contribution in [3.05, 3.63) is 89.4 Å². The molecule has 4 aromatic rings. The first kappa shape index (κ1) is 19.8. The van der Waals surface area contributed by atoms with Crippen LogP contribution in [-0.4, -0.2) is 15.9 Å². The van der Waals surface area contributed by atoms with Crippen LogP contribution in [0.25, 0.3) is 11.4 Å². The minimum atomic E-state index is -0.251. The zero-order chi connectivity index (χ0) is 20.8. The zero-order valence-electron chi connectivity index (χ0n) is 16.5. The highest BCUT2D eigenvalue weighted by atomic mass is 32.1. The highest BCUT2D eigenvalue weighted by Crippen LogP contribution is 2.27. The number of aryl methyl sites for hydroxylation is 2. The first-order valence-corrected chi connectivity index (χ1v) is 10.5. The Morgan fingerprint density at radius 1 is 1.03 bits per heavy atom. The van der Waals surface area contributed by atoms with E-state index in [0.29, 0.717) is 18.6 Å². The number of anilines is 2. The molecule has 0 saturated carbocycles. The highest BCUT2D eigenvalue weighted by Gasteiger charge is 2.08. The van der Waals surface area contributed by atoms with Gasteiger partial charge < -0.3 is 10.1 Å². The molecule has 0 bridgehead atoms. The van der Waals surface area contributed by atoms with Gasteiger partial charge in [0.05, 0.1) is 5.69 Å². The monoisotopic (exact) mass is 415 g/mol. The molecule has 0 aliphatic carbocycles. The minimum Gasteiger partial charge on any atom is -0.426 e. The molecule has 4 rings (SSSR count). The SMILES string of the molecule is Cc1ccc(CCC(=O)Oc2cccc(Nc3nc(-c4ccccn4)cs3)c2)cc1. The van der Waals surface area contributed by atoms with Gasteiger partial charge in [0, 0.05) is 29.8 Å². The third-order valence-corrected chi connectivity index (χ3v) is 5.24. The highest BCUT2D eigenvalue weighted by molar-refractivity contribution is 7.14. The van der Waals surface area contributed by atoms with Gasteiger partial charge in [-0.2, -0.15) is 0 Å². The van der Waals surface area contributed by atoms with Gasteiger partial charge in [0.2, 0.25) is 0 Å². The van der Waals surface area contributed by atoms with Crippen molar-refractivity contribution in [1.29, 1.82) is 0 Å². The van der Waals surface area contributed by atoms with Crippen molar-refractivity contribution in [2.75, 3.05) is 5.32 Å². The standard InChI is InChI=1S/C24H21N3O2S/c1-17-8-10-18(11-9-17)12-13-23(28)29-20-6-4-5-19(15-20)26-24-27-22(16-30-24)21-7-2-3-14-25-21/h2-11,14-16H,12-13H2,1H3,(H,26,27). The molecular formula is C24H21N3O2S. The summed E-state index contributed by atoms with van der Waals surface area (Å²) in [6.45, 7) is 2.05. The Balaban J connectivity index is 1.35. The fraction of sp³-hybridized carbons (Fsp3) is 0.125. The smallest absolute Gasteiger partial charge is 0.311 e. The lowest BCUT2D eigenvalue weighted by atomic mass is 10.1. The van der Waals surface area contributed by atoms with Gasteiger partial charge in [-0.25, -0.2) is 4.98 Å². The molecule has 30 heavy (non-hydrogen) atoms. The number of esters is 1. The molecule has 0 unspecified atom stereocenters. The Morgan fingerprint density at radius 2 is 1.90 bits per heavy atom. The molecule has 0 saturated heterocycles. The van der Waals surface area contributed by atoms with E-state index in [9.17, 15) is 4.79 Å². The predicted octanol–water partition coefficient (Wildman–Crippen LogP) is 5.80. The molecule has 2 heterocycles. The topological polar surface area (TPSA) is 64.1 Å². The minimum absolute atomic E-state index is 0.251. The average molecular weight is 416 g/mol. The van der Waals surface area contributed by atoms with E-state index in [1.165, 1.54) is 16.9 Å². The summed E-state index contributed by atoms with van der Waals surface area (Å²) in [4.78, 5) is 21.1. The van der Waals surface area contributed by atoms with Crippen molar-refractivity contribution in [3.63, 3.8) is 0 Å². The number of nitrogens with one attached hydrogen (secondary N) is 1. The summed E-state index contributed by atoms with van der Waals surface area (Å²) in [7, 11) is 0. The summed E-state index contributed by atoms with van der Waals surface area (Å²) in [5.41, 5.74) is 4.79. The Hall–Kier alpha value is -3.51. The number of carbonyl (C=O) groups excluding carboxylic acids is 1. The molecule has 0 fully saturated rings. The van der Waals surface area contributed by atoms with E-state index in [-0.39, 0.29) is 5.97 Å². The predicted molar refractivity (Wildman–Crippen MR) is 120 cm³/mol. The largest absolute Gasteiger partial charge is 0.426 e. The van der Waals surface area contributed by atoms with Crippen molar-refractivity contribution < 1.29 is 9.53 Å². The van der Waals surface area contributed by atoms with Crippen LogP contribution in [0.15, 0.2) is 78.3 Å². The molecule has 0 radical (unpaired) electrons. The number of rotatable bonds is 7. The summed E-state index contributed by atoms with van der Waals surface area (Å²) in [5, 5.41) is 5.97. The van der Waals surface area contributed by atoms with Gasteiger partial charge in [-0.3, -0.25) is 9.78 Å². The van der Waals surface area contributed by atoms with E-state index >= 15 is 0 Å². The van der Waals surface area contributed by atoms with Crippen LogP contribution >= 0.6 is 11.3 Å². The Morgan fingerprint density at radius 3 is 2.70 bits per heavy atom. The molecule has 5 nitrogen and oxygen atoms in total. The number of ether oxygens (including phenoxy) is 1. The fourth-order valence-electron chi connectivity index (χ4n) is 2.91. The Kier molecular flexibility index (Phi) is 6.15. The molecule has 0 aliphatic rings. The lowest BCUT2D eigenvalue weighted by Gasteiger charge is -2.07. The molecular weight excluding hydrogens is 394 g/mol. The second-order valence-corrected chi connectivity index (χ2v) is 7.72. The molecule has 1 N–H and O–H groups in total. The van der Waals surface area contributed by atoms with E-state index in [0.717, 1.165) is 27.8 Å². The third kappa shape index (κ3) is 5.30. The van der Waals surface area contributed by atoms with Gasteiger partial charge in [0.1, 0.15) is 11.4 Å². The van der Waals surface area contributed by atoms with Crippen molar-refractivity contribution in [3.8, 4) is 17.1 Å². The summed E-state index contributed by atoms with van der Waals surface area (Å²) in [5.74, 6) is 0.259. The normalized spacial score (nSPS) is 10.6. The quantitative estimate of drug-likeness (QED) is 0.305. The van der Waals surface area contributed by atoms with Crippen LogP contribution in [0.4, 0.5) is 10.8 Å². The van der Waals surface area contributed by atoms with Crippen LogP contribution < -0.4 is 10.1 Å². The van der Waals surface area contributed by atoms with E-state index < -0.39 is 0 Å². The van der Waals surface area contributed by atoms with E-state index in [1.807, 2.05) is 66.9 Å². The van der Waals surface area contributed by atoms with E-state index in [1.54, 1.807) is 18.3 Å². The van der Waals surface area contributed by atoms with Crippen LogP contribution in [0.1, 0.15) is 17.5 Å². The molecule has 0 atom stereocenters. The van der Waals surface area contributed by atoms with Gasteiger partial charge in [0.25, 0.3) is 0 Å². The molecule has 0 amide bonds. The third-order valence-electron chi connectivity index (χ3n) is 4.49. The van der Waals surface area contributed by atoms with Crippen LogP contribution in [-0.2, 0) is 11.2 Å². The maximum Gasteiger partial charge on any atom is 0.311 e. The van der Waals surface area contributed by atoms with Gasteiger partial charge in [-0.15, -0.1) is 11.3 Å². The number of pyridine rings is 1. The lowest BCUT2D eigenvalue weighted by Crippen LogP contribution is -2.09. The van der Waals surface area contributed by atoms with Gasteiger partial charge in [0.15, 0.2) is 5.13 Å². The van der Waals surface area contributed by atoms with Crippen LogP contribution in [0.5, 0.6) is 5.75 Å². The van der Waals surface area contributed by atoms with Crippen molar-refractivity contribution in [1.82, 2.24) is 9.97 Å². The lowest BCUT2D eigenvalue weighted by molar-refractivity contribution is -0.134. The van der Waals surface area contributed by atoms with Crippen LogP contribution in [0.2, 0.25) is 0 Å². The average Bonchev–Trinajstić information content (AvgIpc) is 3.23. The second-order valence-electron chi connectivity index (χ2n) is 6.87. The van der Waals surface area contributed by atoms with E-state index in [4.69, 9.17) is 4.74 Å². The first-order valence-electron chi connectivity index (χ1n) is 9.66. The van der Waals surface area contributed by atoms with Gasteiger partial charge >= 0.3 is 5.97 Å². The molecule has 0 aliphatic heterocycles. The molecule has 0 spiro atoms. The number of hydrogen-bond donors (Lipinski definition) is 1. The number of hydrogen-bond acceptors (Lipinski definition) is 6. The second kappa shape index (κ2) is 9.33. The van der Waals surface area contributed by atoms with Crippen LogP contribution in [0.3, 0.4) is 0 Å². The maximum atomic E-state index is 12.2. The van der Waals surface area contributed by atoms with Crippen molar-refractivity contribution in [2.24, 2.45) is 0 Å².